The van der Waals surface area contributed by atoms with Crippen LogP contribution >= 0.6 is 0 Å². The molecule has 2 aliphatic rings. The van der Waals surface area contributed by atoms with Crippen LogP contribution in [-0.4, -0.2) is 15.6 Å². The fraction of sp³-hybridized carbons (Fsp3) is 0.786. The highest BCUT2D eigenvalue weighted by Gasteiger charge is 2.41. The summed E-state index contributed by atoms with van der Waals surface area (Å²) in [5.41, 5.74) is 0. The Balaban J connectivity index is 1.68. The minimum atomic E-state index is 0.671. The molecule has 0 aromatic carbocycles. The van der Waals surface area contributed by atoms with Crippen molar-refractivity contribution >= 4 is 5.95 Å². The quantitative estimate of drug-likeness (QED) is 0.818. The van der Waals surface area contributed by atoms with Gasteiger partial charge in [-0.3, -0.25) is 0 Å². The van der Waals surface area contributed by atoms with Crippen molar-refractivity contribution in [3.05, 3.63) is 12.4 Å². The number of rotatable bonds is 6. The number of hydrogen-bond acceptors (Lipinski definition) is 2. The maximum Gasteiger partial charge on any atom is 0.203 e. The van der Waals surface area contributed by atoms with Crippen molar-refractivity contribution in [3.63, 3.8) is 0 Å². The molecule has 1 aromatic rings. The maximum atomic E-state index is 4.48. The molecule has 1 aromatic heterocycles. The van der Waals surface area contributed by atoms with Crippen LogP contribution in [0.5, 0.6) is 0 Å². The summed E-state index contributed by atoms with van der Waals surface area (Å²) >= 11 is 0. The molecule has 1 heterocycles. The number of nitrogens with zero attached hydrogens (tertiary/aromatic N) is 2. The van der Waals surface area contributed by atoms with Crippen LogP contribution < -0.4 is 5.32 Å². The Morgan fingerprint density at radius 3 is 2.47 bits per heavy atom. The van der Waals surface area contributed by atoms with E-state index in [-0.39, 0.29) is 0 Å². The average Bonchev–Trinajstić information content (AvgIpc) is 3.16. The Kier molecular flexibility index (Phi) is 2.85. The van der Waals surface area contributed by atoms with E-state index >= 15 is 0 Å². The molecule has 3 rings (SSSR count). The lowest BCUT2D eigenvalue weighted by molar-refractivity contribution is 0.512. The molecule has 0 unspecified atom stereocenters. The monoisotopic (exact) mass is 233 g/mol. The molecule has 0 spiro atoms. The molecule has 0 aliphatic heterocycles. The SMILES string of the molecule is CC(C)Cn1ccnc1NC(C1CC1)C1CC1. The van der Waals surface area contributed by atoms with Crippen molar-refractivity contribution in [3.8, 4) is 0 Å². The van der Waals surface area contributed by atoms with E-state index in [4.69, 9.17) is 0 Å². The van der Waals surface area contributed by atoms with Gasteiger partial charge in [0.25, 0.3) is 0 Å². The highest BCUT2D eigenvalue weighted by molar-refractivity contribution is 5.30. The first kappa shape index (κ1) is 11.1. The Labute approximate surface area is 104 Å². The van der Waals surface area contributed by atoms with Crippen molar-refractivity contribution < 1.29 is 0 Å². The molecule has 3 heteroatoms. The summed E-state index contributed by atoms with van der Waals surface area (Å²) in [6.07, 6.45) is 9.68. The van der Waals surface area contributed by atoms with E-state index in [2.05, 4.69) is 34.9 Å². The van der Waals surface area contributed by atoms with Crippen LogP contribution in [-0.2, 0) is 6.54 Å². The minimum absolute atomic E-state index is 0.671. The second kappa shape index (κ2) is 4.35. The summed E-state index contributed by atoms with van der Waals surface area (Å²) in [7, 11) is 0. The van der Waals surface area contributed by atoms with Crippen molar-refractivity contribution in [2.24, 2.45) is 17.8 Å². The van der Waals surface area contributed by atoms with E-state index in [0.29, 0.717) is 12.0 Å². The molecule has 17 heavy (non-hydrogen) atoms. The van der Waals surface area contributed by atoms with Crippen LogP contribution in [0.4, 0.5) is 5.95 Å². The first-order chi connectivity index (χ1) is 8.24. The summed E-state index contributed by atoms with van der Waals surface area (Å²) < 4.78 is 2.27. The fourth-order valence-electron chi connectivity index (χ4n) is 2.67. The molecule has 0 saturated heterocycles. The zero-order chi connectivity index (χ0) is 11.8. The van der Waals surface area contributed by atoms with E-state index in [0.717, 1.165) is 24.3 Å². The maximum absolute atomic E-state index is 4.48. The second-order valence-electron chi connectivity index (χ2n) is 6.14. The third-order valence-electron chi connectivity index (χ3n) is 3.83. The average molecular weight is 233 g/mol. The van der Waals surface area contributed by atoms with E-state index in [1.807, 2.05) is 6.20 Å². The molecule has 0 amide bonds. The van der Waals surface area contributed by atoms with Crippen molar-refractivity contribution in [1.29, 1.82) is 0 Å². The molecule has 0 bridgehead atoms. The molecule has 2 aliphatic carbocycles. The van der Waals surface area contributed by atoms with Crippen LogP contribution in [0.15, 0.2) is 12.4 Å². The lowest BCUT2D eigenvalue weighted by Gasteiger charge is -2.20. The van der Waals surface area contributed by atoms with Gasteiger partial charge in [-0.15, -0.1) is 0 Å². The highest BCUT2D eigenvalue weighted by Crippen LogP contribution is 2.45. The zero-order valence-corrected chi connectivity index (χ0v) is 10.9. The Morgan fingerprint density at radius 1 is 1.29 bits per heavy atom. The summed E-state index contributed by atoms with van der Waals surface area (Å²) in [6.45, 7) is 5.57. The Bertz CT molecular complexity index is 363. The fourth-order valence-corrected chi connectivity index (χ4v) is 2.67. The van der Waals surface area contributed by atoms with Gasteiger partial charge in [0.05, 0.1) is 0 Å². The number of nitrogens with one attached hydrogen (secondary N) is 1. The zero-order valence-electron chi connectivity index (χ0n) is 10.9. The van der Waals surface area contributed by atoms with E-state index < -0.39 is 0 Å². The first-order valence-corrected chi connectivity index (χ1v) is 7.01. The number of hydrogen-bond donors (Lipinski definition) is 1. The first-order valence-electron chi connectivity index (χ1n) is 7.01. The van der Waals surface area contributed by atoms with E-state index in [1.54, 1.807) is 0 Å². The predicted octanol–water partition coefficient (Wildman–Crippen LogP) is 3.14. The largest absolute Gasteiger partial charge is 0.352 e. The van der Waals surface area contributed by atoms with Gasteiger partial charge in [-0.2, -0.15) is 0 Å². The van der Waals surface area contributed by atoms with Gasteiger partial charge in [0.1, 0.15) is 0 Å². The Hall–Kier alpha value is -0.990. The Morgan fingerprint density at radius 2 is 1.94 bits per heavy atom. The summed E-state index contributed by atoms with van der Waals surface area (Å²) in [5, 5.41) is 3.71. The molecule has 0 radical (unpaired) electrons. The molecule has 2 saturated carbocycles. The number of imidazole rings is 1. The van der Waals surface area contributed by atoms with Crippen LogP contribution in [0.2, 0.25) is 0 Å². The third kappa shape index (κ3) is 2.64. The van der Waals surface area contributed by atoms with E-state index in [9.17, 15) is 0 Å². The highest BCUT2D eigenvalue weighted by atomic mass is 15.2. The van der Waals surface area contributed by atoms with Gasteiger partial charge >= 0.3 is 0 Å². The molecule has 3 nitrogen and oxygen atoms in total. The van der Waals surface area contributed by atoms with Gasteiger partial charge in [0.15, 0.2) is 0 Å². The van der Waals surface area contributed by atoms with Gasteiger partial charge in [0, 0.05) is 25.0 Å². The minimum Gasteiger partial charge on any atom is -0.352 e. The van der Waals surface area contributed by atoms with Crippen LogP contribution in [0.1, 0.15) is 39.5 Å². The van der Waals surface area contributed by atoms with Crippen molar-refractivity contribution in [1.82, 2.24) is 9.55 Å². The van der Waals surface area contributed by atoms with Crippen molar-refractivity contribution in [2.45, 2.75) is 52.1 Å². The molecule has 94 valence electrons. The molecular weight excluding hydrogens is 210 g/mol. The van der Waals surface area contributed by atoms with Crippen LogP contribution in [0.3, 0.4) is 0 Å². The number of anilines is 1. The van der Waals surface area contributed by atoms with Gasteiger partial charge in [-0.25, -0.2) is 4.98 Å². The molecule has 1 N–H and O–H groups in total. The van der Waals surface area contributed by atoms with E-state index in [1.165, 1.54) is 25.7 Å². The lowest BCUT2D eigenvalue weighted by Crippen LogP contribution is -2.26. The summed E-state index contributed by atoms with van der Waals surface area (Å²) in [4.78, 5) is 4.48. The topological polar surface area (TPSA) is 29.9 Å². The van der Waals surface area contributed by atoms with Crippen molar-refractivity contribution in [2.75, 3.05) is 5.32 Å². The molecule has 0 atom stereocenters. The van der Waals surface area contributed by atoms with Gasteiger partial charge in [-0.1, -0.05) is 13.8 Å². The van der Waals surface area contributed by atoms with Gasteiger partial charge in [0.2, 0.25) is 5.95 Å². The second-order valence-corrected chi connectivity index (χ2v) is 6.14. The lowest BCUT2D eigenvalue weighted by atomic mass is 10.1. The number of aromatic nitrogens is 2. The summed E-state index contributed by atoms with van der Waals surface area (Å²) in [6, 6.07) is 0.698. The standard InChI is InChI=1S/C14H23N3/c1-10(2)9-17-8-7-15-14(17)16-13(11-3-4-11)12-5-6-12/h7-8,10-13H,3-6,9H2,1-2H3,(H,15,16). The smallest absolute Gasteiger partial charge is 0.203 e. The molecule has 2 fully saturated rings. The predicted molar refractivity (Wildman–Crippen MR) is 69.9 cm³/mol. The van der Waals surface area contributed by atoms with Gasteiger partial charge < -0.3 is 9.88 Å². The summed E-state index contributed by atoms with van der Waals surface area (Å²) in [5.74, 6) is 3.60. The van der Waals surface area contributed by atoms with Crippen LogP contribution in [0.25, 0.3) is 0 Å². The molecular formula is C14H23N3. The third-order valence-corrected chi connectivity index (χ3v) is 3.83. The normalized spacial score (nSPS) is 20.2. The van der Waals surface area contributed by atoms with Crippen LogP contribution in [0, 0.1) is 17.8 Å². The van der Waals surface area contributed by atoms with Gasteiger partial charge in [-0.05, 0) is 43.4 Å².